The molecule has 0 heterocycles. The van der Waals surface area contributed by atoms with Crippen LogP contribution in [0, 0.1) is 19.8 Å². The summed E-state index contributed by atoms with van der Waals surface area (Å²) in [6.45, 7) is 8.21. The summed E-state index contributed by atoms with van der Waals surface area (Å²) in [6, 6.07) is 20.2. The van der Waals surface area contributed by atoms with Crippen LogP contribution in [0.25, 0.3) is 0 Å². The van der Waals surface area contributed by atoms with Gasteiger partial charge in [0.05, 0.1) is 10.7 Å². The summed E-state index contributed by atoms with van der Waals surface area (Å²) in [4.78, 5) is 25.2. The average Bonchev–Trinajstić information content (AvgIpc) is 2.83. The summed E-state index contributed by atoms with van der Waals surface area (Å²) >= 11 is 3.53. The van der Waals surface area contributed by atoms with E-state index in [0.29, 0.717) is 17.9 Å². The van der Waals surface area contributed by atoms with Crippen molar-refractivity contribution in [2.45, 2.75) is 40.3 Å². The van der Waals surface area contributed by atoms with Gasteiger partial charge in [0.15, 0.2) is 0 Å². The van der Waals surface area contributed by atoms with E-state index in [2.05, 4.69) is 43.9 Å². The summed E-state index contributed by atoms with van der Waals surface area (Å²) < 4.78 is 6.68. The smallest absolute Gasteiger partial charge is 0.262 e. The minimum absolute atomic E-state index is 0.112. The van der Waals surface area contributed by atoms with Gasteiger partial charge in [-0.2, -0.15) is 5.10 Å². The molecule has 7 heteroatoms. The number of carbonyl (C=O) groups excluding carboxylic acids is 2. The van der Waals surface area contributed by atoms with Crippen molar-refractivity contribution in [3.63, 3.8) is 0 Å². The van der Waals surface area contributed by atoms with Gasteiger partial charge in [0, 0.05) is 5.56 Å². The third-order valence-corrected chi connectivity index (χ3v) is 6.03. The normalized spacial score (nSPS) is 11.9. The van der Waals surface area contributed by atoms with Gasteiger partial charge in [-0.15, -0.1) is 0 Å². The molecule has 3 aromatic rings. The predicted molar refractivity (Wildman–Crippen MR) is 143 cm³/mol. The molecule has 0 saturated carbocycles. The highest BCUT2D eigenvalue weighted by Crippen LogP contribution is 2.26. The quantitative estimate of drug-likeness (QED) is 0.278. The van der Waals surface area contributed by atoms with Crippen LogP contribution in [0.5, 0.6) is 5.75 Å². The van der Waals surface area contributed by atoms with Crippen LogP contribution < -0.4 is 15.5 Å². The highest BCUT2D eigenvalue weighted by molar-refractivity contribution is 9.10. The van der Waals surface area contributed by atoms with Crippen molar-refractivity contribution in [2.75, 3.05) is 0 Å². The lowest BCUT2D eigenvalue weighted by Crippen LogP contribution is -2.48. The molecule has 0 saturated heterocycles. The standard InChI is InChI=1S/C28H30BrN3O3/c1-18(2)26(31-27(33)23-12-7-20(4)8-13-23)28(34)32-30-16-22-11-14-25(24(29)15-22)35-17-21-9-5-19(3)6-10-21/h5-16,18,26H,17H2,1-4H3,(H,31,33)(H,32,34)/b30-16-. The maximum absolute atomic E-state index is 12.7. The lowest BCUT2D eigenvalue weighted by Gasteiger charge is -2.20. The van der Waals surface area contributed by atoms with E-state index in [9.17, 15) is 9.59 Å². The number of halogens is 1. The van der Waals surface area contributed by atoms with Crippen LogP contribution in [0.15, 0.2) is 76.3 Å². The monoisotopic (exact) mass is 535 g/mol. The molecule has 2 amide bonds. The molecule has 0 aliphatic heterocycles. The van der Waals surface area contributed by atoms with Crippen molar-refractivity contribution in [2.24, 2.45) is 11.0 Å². The minimum Gasteiger partial charge on any atom is -0.488 e. The van der Waals surface area contributed by atoms with E-state index in [4.69, 9.17) is 4.74 Å². The number of aryl methyl sites for hydroxylation is 2. The van der Waals surface area contributed by atoms with E-state index in [1.54, 1.807) is 18.3 Å². The average molecular weight is 536 g/mol. The van der Waals surface area contributed by atoms with Gasteiger partial charge in [0.25, 0.3) is 11.8 Å². The summed E-state index contributed by atoms with van der Waals surface area (Å²) in [5.74, 6) is -0.0778. The molecule has 0 aliphatic rings. The number of hydrogen-bond acceptors (Lipinski definition) is 4. The number of benzene rings is 3. The predicted octanol–water partition coefficient (Wildman–Crippen LogP) is 5.55. The van der Waals surface area contributed by atoms with E-state index >= 15 is 0 Å². The SMILES string of the molecule is Cc1ccc(COc2ccc(/C=N\NC(=O)C(NC(=O)c3ccc(C)cc3)C(C)C)cc2Br)cc1. The van der Waals surface area contributed by atoms with Gasteiger partial charge in [-0.1, -0.05) is 61.4 Å². The first-order chi connectivity index (χ1) is 16.7. The molecule has 1 atom stereocenters. The van der Waals surface area contributed by atoms with Crippen molar-refractivity contribution in [3.8, 4) is 5.75 Å². The van der Waals surface area contributed by atoms with Crippen molar-refractivity contribution >= 4 is 34.0 Å². The van der Waals surface area contributed by atoms with E-state index in [0.717, 1.165) is 21.2 Å². The molecule has 0 fully saturated rings. The molecule has 0 bridgehead atoms. The molecule has 182 valence electrons. The van der Waals surface area contributed by atoms with Crippen molar-refractivity contribution in [1.82, 2.24) is 10.7 Å². The van der Waals surface area contributed by atoms with Crippen molar-refractivity contribution in [3.05, 3.63) is 99.0 Å². The molecule has 3 rings (SSSR count). The van der Waals surface area contributed by atoms with Crippen molar-refractivity contribution < 1.29 is 14.3 Å². The summed E-state index contributed by atoms with van der Waals surface area (Å²) in [5, 5.41) is 6.87. The number of ether oxygens (including phenoxy) is 1. The molecule has 1 unspecified atom stereocenters. The first kappa shape index (κ1) is 26.2. The van der Waals surface area contributed by atoms with Crippen LogP contribution >= 0.6 is 15.9 Å². The zero-order valence-electron chi connectivity index (χ0n) is 20.3. The topological polar surface area (TPSA) is 79.8 Å². The molecule has 6 nitrogen and oxygen atoms in total. The molecule has 0 spiro atoms. The van der Waals surface area contributed by atoms with Crippen molar-refractivity contribution in [1.29, 1.82) is 0 Å². The third-order valence-electron chi connectivity index (χ3n) is 5.41. The minimum atomic E-state index is -0.717. The first-order valence-corrected chi connectivity index (χ1v) is 12.2. The Morgan fingerprint density at radius 3 is 2.20 bits per heavy atom. The fourth-order valence-corrected chi connectivity index (χ4v) is 3.78. The molecule has 0 aliphatic carbocycles. The largest absolute Gasteiger partial charge is 0.488 e. The molecule has 2 N–H and O–H groups in total. The van der Waals surface area contributed by atoms with E-state index in [1.165, 1.54) is 5.56 Å². The number of nitrogens with one attached hydrogen (secondary N) is 2. The highest BCUT2D eigenvalue weighted by Gasteiger charge is 2.24. The van der Waals surface area contributed by atoms with Crippen LogP contribution in [-0.2, 0) is 11.4 Å². The maximum atomic E-state index is 12.7. The summed E-state index contributed by atoms with van der Waals surface area (Å²) in [7, 11) is 0. The van der Waals surface area contributed by atoms with Gasteiger partial charge in [0.2, 0.25) is 0 Å². The Morgan fingerprint density at radius 2 is 1.60 bits per heavy atom. The Kier molecular flexibility index (Phi) is 9.20. The molecule has 3 aromatic carbocycles. The molecule has 35 heavy (non-hydrogen) atoms. The Balaban J connectivity index is 1.56. The summed E-state index contributed by atoms with van der Waals surface area (Å²) in [6.07, 6.45) is 1.55. The second-order valence-corrected chi connectivity index (χ2v) is 9.61. The van der Waals surface area contributed by atoms with E-state index < -0.39 is 6.04 Å². The second kappa shape index (κ2) is 12.3. The van der Waals surface area contributed by atoms with Gasteiger partial charge < -0.3 is 10.1 Å². The maximum Gasteiger partial charge on any atom is 0.262 e. The number of amides is 2. The Hall–Kier alpha value is -3.45. The van der Waals surface area contributed by atoms with Gasteiger partial charge in [-0.05, 0) is 77.2 Å². The van der Waals surface area contributed by atoms with Gasteiger partial charge >= 0.3 is 0 Å². The Morgan fingerprint density at radius 1 is 0.971 bits per heavy atom. The third kappa shape index (κ3) is 7.79. The molecular formula is C28H30BrN3O3. The molecule has 0 aromatic heterocycles. The zero-order valence-corrected chi connectivity index (χ0v) is 21.9. The highest BCUT2D eigenvalue weighted by atomic mass is 79.9. The first-order valence-electron chi connectivity index (χ1n) is 11.4. The van der Waals surface area contributed by atoms with E-state index in [-0.39, 0.29) is 17.7 Å². The summed E-state index contributed by atoms with van der Waals surface area (Å²) in [5.41, 5.74) is 7.18. The van der Waals surface area contributed by atoms with Gasteiger partial charge in [0.1, 0.15) is 18.4 Å². The number of nitrogens with zero attached hydrogens (tertiary/aromatic N) is 1. The van der Waals surface area contributed by atoms with Crippen LogP contribution in [0.2, 0.25) is 0 Å². The molecular weight excluding hydrogens is 506 g/mol. The van der Waals surface area contributed by atoms with Gasteiger partial charge in [-0.25, -0.2) is 5.43 Å². The fourth-order valence-electron chi connectivity index (χ4n) is 3.26. The van der Waals surface area contributed by atoms with Crippen LogP contribution in [0.4, 0.5) is 0 Å². The number of carbonyl (C=O) groups is 2. The Labute approximate surface area is 214 Å². The van der Waals surface area contributed by atoms with Crippen LogP contribution in [0.3, 0.4) is 0 Å². The lowest BCUT2D eigenvalue weighted by atomic mass is 10.0. The number of hydrazone groups is 1. The fraction of sp³-hybridized carbons (Fsp3) is 0.250. The second-order valence-electron chi connectivity index (χ2n) is 8.76. The number of rotatable bonds is 9. The number of hydrogen-bond donors (Lipinski definition) is 2. The van der Waals surface area contributed by atoms with Gasteiger partial charge in [-0.3, -0.25) is 9.59 Å². The lowest BCUT2D eigenvalue weighted by molar-refractivity contribution is -0.123. The molecule has 0 radical (unpaired) electrons. The van der Waals surface area contributed by atoms with E-state index in [1.807, 2.05) is 70.2 Å². The Bertz CT molecular complexity index is 1190. The van der Waals surface area contributed by atoms with Crippen LogP contribution in [0.1, 0.15) is 46.5 Å². The zero-order chi connectivity index (χ0) is 25.4. The van der Waals surface area contributed by atoms with Crippen LogP contribution in [-0.4, -0.2) is 24.1 Å².